The number of carbonyl (C=O) groups excluding carboxylic acids is 1. The highest BCUT2D eigenvalue weighted by Gasteiger charge is 2.36. The molecule has 4 heteroatoms. The third-order valence-corrected chi connectivity index (χ3v) is 6.79. The van der Waals surface area contributed by atoms with E-state index in [4.69, 9.17) is 0 Å². The zero-order valence-corrected chi connectivity index (χ0v) is 18.9. The van der Waals surface area contributed by atoms with E-state index in [1.54, 1.807) is 0 Å². The molecule has 0 aromatic heterocycles. The highest BCUT2D eigenvalue weighted by Crippen LogP contribution is 2.31. The van der Waals surface area contributed by atoms with E-state index in [0.29, 0.717) is 18.4 Å². The van der Waals surface area contributed by atoms with Crippen LogP contribution in [0.5, 0.6) is 0 Å². The maximum absolute atomic E-state index is 12.8. The Kier molecular flexibility index (Phi) is 7.08. The largest absolute Gasteiger partial charge is 0.378 e. The van der Waals surface area contributed by atoms with Crippen LogP contribution in [0.3, 0.4) is 0 Å². The number of likely N-dealkylation sites (tertiary alicyclic amines) is 2. The topological polar surface area (TPSA) is 26.8 Å². The first kappa shape index (κ1) is 21.6. The van der Waals surface area contributed by atoms with E-state index < -0.39 is 0 Å². The first-order chi connectivity index (χ1) is 15.1. The van der Waals surface area contributed by atoms with E-state index in [9.17, 15) is 4.79 Å². The van der Waals surface area contributed by atoms with Crippen molar-refractivity contribution < 1.29 is 4.79 Å². The SMILES string of the molecule is CN(C)c1ccc(/C=C/CN2CCC[C@@H]3CN(C(=O)Cc4ccccc4)CC[C@@H]32)cc1. The van der Waals surface area contributed by atoms with Crippen LogP contribution < -0.4 is 4.90 Å². The molecule has 0 aliphatic carbocycles. The number of fused-ring (bicyclic) bond motifs is 1. The Labute approximate surface area is 187 Å². The van der Waals surface area contributed by atoms with Crippen LogP contribution in [-0.4, -0.2) is 62.0 Å². The number of amides is 1. The van der Waals surface area contributed by atoms with Gasteiger partial charge < -0.3 is 9.80 Å². The van der Waals surface area contributed by atoms with Crippen molar-refractivity contribution in [3.8, 4) is 0 Å². The Morgan fingerprint density at radius 2 is 1.81 bits per heavy atom. The zero-order chi connectivity index (χ0) is 21.6. The summed E-state index contributed by atoms with van der Waals surface area (Å²) in [6, 6.07) is 19.4. The van der Waals surface area contributed by atoms with E-state index in [1.165, 1.54) is 30.6 Å². The van der Waals surface area contributed by atoms with Crippen LogP contribution in [0.15, 0.2) is 60.7 Å². The van der Waals surface area contributed by atoms with Crippen molar-refractivity contribution in [3.63, 3.8) is 0 Å². The van der Waals surface area contributed by atoms with Gasteiger partial charge in [-0.05, 0) is 55.0 Å². The zero-order valence-electron chi connectivity index (χ0n) is 18.9. The maximum atomic E-state index is 12.8. The van der Waals surface area contributed by atoms with Gasteiger partial charge in [0.1, 0.15) is 0 Å². The lowest BCUT2D eigenvalue weighted by atomic mass is 9.83. The van der Waals surface area contributed by atoms with Gasteiger partial charge in [-0.1, -0.05) is 54.6 Å². The summed E-state index contributed by atoms with van der Waals surface area (Å²) < 4.78 is 0. The Morgan fingerprint density at radius 1 is 1.03 bits per heavy atom. The molecule has 31 heavy (non-hydrogen) atoms. The molecule has 2 aromatic carbocycles. The Morgan fingerprint density at radius 3 is 2.55 bits per heavy atom. The number of benzene rings is 2. The molecule has 4 rings (SSSR count). The number of piperidine rings is 2. The fraction of sp³-hybridized carbons (Fsp3) is 0.444. The summed E-state index contributed by atoms with van der Waals surface area (Å²) in [7, 11) is 4.14. The van der Waals surface area contributed by atoms with E-state index in [0.717, 1.165) is 31.6 Å². The predicted molar refractivity (Wildman–Crippen MR) is 129 cm³/mol. The van der Waals surface area contributed by atoms with Crippen LogP contribution in [0.2, 0.25) is 0 Å². The monoisotopic (exact) mass is 417 g/mol. The van der Waals surface area contributed by atoms with E-state index >= 15 is 0 Å². The molecule has 2 aliphatic rings. The molecule has 0 bridgehead atoms. The third kappa shape index (κ3) is 5.56. The van der Waals surface area contributed by atoms with Gasteiger partial charge in [0.05, 0.1) is 6.42 Å². The molecule has 0 spiro atoms. The minimum absolute atomic E-state index is 0.280. The number of hydrogen-bond donors (Lipinski definition) is 0. The van der Waals surface area contributed by atoms with Crippen molar-refractivity contribution >= 4 is 17.7 Å². The van der Waals surface area contributed by atoms with Crippen LogP contribution in [-0.2, 0) is 11.2 Å². The van der Waals surface area contributed by atoms with Gasteiger partial charge in [0.25, 0.3) is 0 Å². The Balaban J connectivity index is 1.30. The second-order valence-electron chi connectivity index (χ2n) is 9.14. The molecule has 2 aromatic rings. The fourth-order valence-corrected chi connectivity index (χ4v) is 5.05. The summed E-state index contributed by atoms with van der Waals surface area (Å²) in [6.45, 7) is 3.97. The van der Waals surface area contributed by atoms with Gasteiger partial charge in [0.2, 0.25) is 5.91 Å². The van der Waals surface area contributed by atoms with Crippen molar-refractivity contribution in [1.29, 1.82) is 0 Å². The van der Waals surface area contributed by atoms with E-state index in [2.05, 4.69) is 65.2 Å². The van der Waals surface area contributed by atoms with Crippen molar-refractivity contribution in [2.45, 2.75) is 31.7 Å². The van der Waals surface area contributed by atoms with Crippen LogP contribution >= 0.6 is 0 Å². The Hall–Kier alpha value is -2.59. The lowest BCUT2D eigenvalue weighted by Crippen LogP contribution is -2.55. The molecule has 2 saturated heterocycles. The maximum Gasteiger partial charge on any atom is 0.227 e. The summed E-state index contributed by atoms with van der Waals surface area (Å²) >= 11 is 0. The fourth-order valence-electron chi connectivity index (χ4n) is 5.05. The molecule has 2 atom stereocenters. The van der Waals surface area contributed by atoms with E-state index in [1.807, 2.05) is 30.3 Å². The third-order valence-electron chi connectivity index (χ3n) is 6.79. The minimum Gasteiger partial charge on any atom is -0.378 e. The van der Waals surface area contributed by atoms with Gasteiger partial charge in [-0.2, -0.15) is 0 Å². The van der Waals surface area contributed by atoms with Gasteiger partial charge >= 0.3 is 0 Å². The molecule has 4 nitrogen and oxygen atoms in total. The molecule has 0 radical (unpaired) electrons. The number of nitrogens with zero attached hydrogens (tertiary/aromatic N) is 3. The smallest absolute Gasteiger partial charge is 0.227 e. The molecule has 2 fully saturated rings. The van der Waals surface area contributed by atoms with Gasteiger partial charge in [-0.25, -0.2) is 0 Å². The van der Waals surface area contributed by atoms with Crippen molar-refractivity contribution in [1.82, 2.24) is 9.80 Å². The summed E-state index contributed by atoms with van der Waals surface area (Å²) in [5.41, 5.74) is 3.59. The summed E-state index contributed by atoms with van der Waals surface area (Å²) in [4.78, 5) is 19.7. The minimum atomic E-state index is 0.280. The molecule has 0 saturated carbocycles. The van der Waals surface area contributed by atoms with Crippen LogP contribution in [0, 0.1) is 5.92 Å². The first-order valence-electron chi connectivity index (χ1n) is 11.6. The molecule has 0 unspecified atom stereocenters. The lowest BCUT2D eigenvalue weighted by molar-refractivity contribution is -0.134. The normalized spacial score (nSPS) is 21.8. The number of carbonyl (C=O) groups is 1. The summed E-state index contributed by atoms with van der Waals surface area (Å²) in [6.07, 6.45) is 8.63. The average molecular weight is 418 g/mol. The average Bonchev–Trinajstić information content (AvgIpc) is 2.80. The highest BCUT2D eigenvalue weighted by atomic mass is 16.2. The second kappa shape index (κ2) is 10.1. The second-order valence-corrected chi connectivity index (χ2v) is 9.14. The van der Waals surface area contributed by atoms with Crippen LogP contribution in [0.4, 0.5) is 5.69 Å². The van der Waals surface area contributed by atoms with Gasteiger partial charge in [-0.15, -0.1) is 0 Å². The first-order valence-corrected chi connectivity index (χ1v) is 11.6. The molecule has 164 valence electrons. The molecular weight excluding hydrogens is 382 g/mol. The van der Waals surface area contributed by atoms with E-state index in [-0.39, 0.29) is 5.91 Å². The standard InChI is InChI=1S/C27H35N3O/c1-28(2)25-14-12-22(13-15-25)10-6-17-29-18-7-11-24-21-30(19-16-26(24)29)27(31)20-23-8-4-3-5-9-23/h3-6,8-10,12-15,24,26H,7,11,16-21H2,1-2H3/b10-6+/t24-,26+/m1/s1. The molecule has 2 heterocycles. The quantitative estimate of drug-likeness (QED) is 0.700. The number of hydrogen-bond acceptors (Lipinski definition) is 3. The van der Waals surface area contributed by atoms with Crippen molar-refractivity contribution in [2.24, 2.45) is 5.92 Å². The molecule has 2 aliphatic heterocycles. The summed E-state index contributed by atoms with van der Waals surface area (Å²) in [5, 5.41) is 0. The van der Waals surface area contributed by atoms with Crippen LogP contribution in [0.1, 0.15) is 30.4 Å². The molecular formula is C27H35N3O. The van der Waals surface area contributed by atoms with Gasteiger partial charge in [-0.3, -0.25) is 9.69 Å². The van der Waals surface area contributed by atoms with Gasteiger partial charge in [0, 0.05) is 45.5 Å². The number of rotatable bonds is 6. The lowest BCUT2D eigenvalue weighted by Gasteiger charge is -2.47. The number of anilines is 1. The van der Waals surface area contributed by atoms with Crippen LogP contribution in [0.25, 0.3) is 6.08 Å². The molecule has 1 amide bonds. The Bertz CT molecular complexity index is 875. The van der Waals surface area contributed by atoms with Gasteiger partial charge in [0.15, 0.2) is 0 Å². The molecule has 0 N–H and O–H groups in total. The summed E-state index contributed by atoms with van der Waals surface area (Å²) in [5.74, 6) is 0.887. The predicted octanol–water partition coefficient (Wildman–Crippen LogP) is 4.32. The van der Waals surface area contributed by atoms with Crippen molar-refractivity contribution in [3.05, 3.63) is 71.8 Å². The highest BCUT2D eigenvalue weighted by molar-refractivity contribution is 5.78. The van der Waals surface area contributed by atoms with Crippen molar-refractivity contribution in [2.75, 3.05) is 45.2 Å².